The Labute approximate surface area is 136 Å². The summed E-state index contributed by atoms with van der Waals surface area (Å²) in [4.78, 5) is 4.39. The number of imidazole rings is 1. The fraction of sp³-hybridized carbons (Fsp3) is 0. The number of aromatic nitrogens is 2. The predicted molar refractivity (Wildman–Crippen MR) is 83.0 cm³/mol. The van der Waals surface area contributed by atoms with E-state index in [0.29, 0.717) is 9.43 Å². The first-order valence-electron chi connectivity index (χ1n) is 5.47. The quantitative estimate of drug-likeness (QED) is 0.715. The smallest absolute Gasteiger partial charge is 0.278 e. The Kier molecular flexibility index (Phi) is 3.68. The highest BCUT2D eigenvalue weighted by atomic mass is 79.9. The standard InChI is InChI=1S/C11H6BrClFN3O2S2/c12-6-1-2-8(7(14)5-6)16-21(18,19)10-9(13)15-11-17(10)3-4-20-11/h1-5,16H. The molecule has 5 nitrogen and oxygen atoms in total. The van der Waals surface area contributed by atoms with Crippen molar-refractivity contribution < 1.29 is 12.8 Å². The lowest BCUT2D eigenvalue weighted by Crippen LogP contribution is -2.16. The van der Waals surface area contributed by atoms with E-state index >= 15 is 0 Å². The minimum Gasteiger partial charge on any atom is -0.278 e. The van der Waals surface area contributed by atoms with Gasteiger partial charge in [-0.2, -0.15) is 8.42 Å². The van der Waals surface area contributed by atoms with E-state index in [-0.39, 0.29) is 15.9 Å². The van der Waals surface area contributed by atoms with E-state index in [4.69, 9.17) is 11.6 Å². The molecule has 3 aromatic rings. The Morgan fingerprint density at radius 3 is 2.90 bits per heavy atom. The molecule has 0 aliphatic carbocycles. The zero-order valence-corrected chi connectivity index (χ0v) is 14.0. The molecule has 0 unspecified atom stereocenters. The van der Waals surface area contributed by atoms with Crippen LogP contribution in [0.5, 0.6) is 0 Å². The zero-order valence-electron chi connectivity index (χ0n) is 10.0. The van der Waals surface area contributed by atoms with Crippen LogP contribution < -0.4 is 4.72 Å². The fourth-order valence-corrected chi connectivity index (χ4v) is 4.60. The van der Waals surface area contributed by atoms with Crippen molar-refractivity contribution in [3.8, 4) is 0 Å². The predicted octanol–water partition coefficient (Wildman–Crippen LogP) is 3.75. The third-order valence-electron chi connectivity index (χ3n) is 2.61. The van der Waals surface area contributed by atoms with Crippen LogP contribution in [0.2, 0.25) is 5.15 Å². The molecular formula is C11H6BrClFN3O2S2. The molecule has 1 N–H and O–H groups in total. The van der Waals surface area contributed by atoms with Crippen molar-refractivity contribution in [2.45, 2.75) is 5.03 Å². The van der Waals surface area contributed by atoms with Crippen LogP contribution in [0.15, 0.2) is 39.3 Å². The molecule has 0 radical (unpaired) electrons. The number of nitrogens with zero attached hydrogens (tertiary/aromatic N) is 2. The highest BCUT2D eigenvalue weighted by molar-refractivity contribution is 9.10. The number of sulfonamides is 1. The third-order valence-corrected chi connectivity index (χ3v) is 5.62. The van der Waals surface area contributed by atoms with Crippen molar-refractivity contribution >= 4 is 59.5 Å². The molecule has 0 saturated carbocycles. The molecule has 0 atom stereocenters. The van der Waals surface area contributed by atoms with Crippen LogP contribution in [-0.4, -0.2) is 17.8 Å². The van der Waals surface area contributed by atoms with Gasteiger partial charge in [-0.15, -0.1) is 11.3 Å². The van der Waals surface area contributed by atoms with Gasteiger partial charge in [-0.3, -0.25) is 9.12 Å². The highest BCUT2D eigenvalue weighted by Crippen LogP contribution is 2.28. The molecule has 110 valence electrons. The molecule has 3 rings (SSSR count). The lowest BCUT2D eigenvalue weighted by Gasteiger charge is -2.08. The Morgan fingerprint density at radius 2 is 2.19 bits per heavy atom. The Balaban J connectivity index is 2.08. The van der Waals surface area contributed by atoms with Gasteiger partial charge in [0, 0.05) is 16.0 Å². The van der Waals surface area contributed by atoms with Crippen molar-refractivity contribution in [2.24, 2.45) is 0 Å². The number of hydrogen-bond acceptors (Lipinski definition) is 4. The topological polar surface area (TPSA) is 63.5 Å². The normalized spacial score (nSPS) is 12.0. The maximum absolute atomic E-state index is 13.8. The van der Waals surface area contributed by atoms with Crippen LogP contribution in [-0.2, 0) is 10.0 Å². The van der Waals surface area contributed by atoms with Crippen LogP contribution in [0, 0.1) is 5.82 Å². The molecule has 2 aromatic heterocycles. The van der Waals surface area contributed by atoms with Gasteiger partial charge in [0.05, 0.1) is 5.69 Å². The van der Waals surface area contributed by atoms with Crippen molar-refractivity contribution in [2.75, 3.05) is 4.72 Å². The van der Waals surface area contributed by atoms with Gasteiger partial charge >= 0.3 is 0 Å². The van der Waals surface area contributed by atoms with E-state index in [1.807, 2.05) is 0 Å². The van der Waals surface area contributed by atoms with Gasteiger partial charge in [0.1, 0.15) is 5.82 Å². The summed E-state index contributed by atoms with van der Waals surface area (Å²) in [5.41, 5.74) is -0.167. The van der Waals surface area contributed by atoms with E-state index < -0.39 is 15.8 Å². The number of nitrogens with one attached hydrogen (secondary N) is 1. The summed E-state index contributed by atoms with van der Waals surface area (Å²) < 4.78 is 42.6. The second-order valence-corrected chi connectivity index (χ2v) is 7.74. The zero-order chi connectivity index (χ0) is 15.2. The lowest BCUT2D eigenvalue weighted by molar-refractivity contribution is 0.594. The number of benzene rings is 1. The number of anilines is 1. The first-order chi connectivity index (χ1) is 9.88. The van der Waals surface area contributed by atoms with Crippen molar-refractivity contribution in [3.63, 3.8) is 0 Å². The fourth-order valence-electron chi connectivity index (χ4n) is 1.74. The molecular weight excluding hydrogens is 405 g/mol. The molecule has 21 heavy (non-hydrogen) atoms. The minimum atomic E-state index is -4.06. The number of halogens is 3. The summed E-state index contributed by atoms with van der Waals surface area (Å²) >= 11 is 10.2. The van der Waals surface area contributed by atoms with Crippen LogP contribution in [0.3, 0.4) is 0 Å². The number of thiazole rings is 1. The second kappa shape index (κ2) is 5.24. The molecule has 0 fully saturated rings. The number of fused-ring (bicyclic) bond motifs is 1. The summed E-state index contributed by atoms with van der Waals surface area (Å²) in [5.74, 6) is -0.699. The van der Waals surface area contributed by atoms with Gasteiger partial charge in [-0.05, 0) is 18.2 Å². The van der Waals surface area contributed by atoms with Crippen molar-refractivity contribution in [3.05, 3.63) is 45.2 Å². The van der Waals surface area contributed by atoms with E-state index in [0.717, 1.165) is 6.07 Å². The summed E-state index contributed by atoms with van der Waals surface area (Å²) in [6.45, 7) is 0. The Hall–Kier alpha value is -1.16. The third kappa shape index (κ3) is 2.66. The summed E-state index contributed by atoms with van der Waals surface area (Å²) in [5, 5.41) is 1.30. The second-order valence-electron chi connectivity index (χ2n) is 3.99. The number of rotatable bonds is 3. The monoisotopic (exact) mass is 409 g/mol. The molecule has 10 heteroatoms. The molecule has 0 aliphatic rings. The van der Waals surface area contributed by atoms with Gasteiger partial charge in [-0.1, -0.05) is 27.5 Å². The molecule has 0 spiro atoms. The first kappa shape index (κ1) is 14.8. The minimum absolute atomic E-state index is 0.160. The lowest BCUT2D eigenvalue weighted by atomic mass is 10.3. The van der Waals surface area contributed by atoms with Gasteiger partial charge in [0.2, 0.25) is 0 Å². The van der Waals surface area contributed by atoms with E-state index in [1.165, 1.54) is 34.1 Å². The summed E-state index contributed by atoms with van der Waals surface area (Å²) in [7, 11) is -4.06. The molecule has 0 aliphatic heterocycles. The van der Waals surface area contributed by atoms with Crippen LogP contribution >= 0.6 is 38.9 Å². The molecule has 2 heterocycles. The molecule has 0 bridgehead atoms. The maximum atomic E-state index is 13.8. The average Bonchev–Trinajstić information content (AvgIpc) is 2.91. The van der Waals surface area contributed by atoms with Gasteiger partial charge < -0.3 is 0 Å². The van der Waals surface area contributed by atoms with Crippen molar-refractivity contribution in [1.82, 2.24) is 9.38 Å². The van der Waals surface area contributed by atoms with Crippen molar-refractivity contribution in [1.29, 1.82) is 0 Å². The van der Waals surface area contributed by atoms with Gasteiger partial charge in [0.15, 0.2) is 15.1 Å². The number of hydrogen-bond donors (Lipinski definition) is 1. The summed E-state index contributed by atoms with van der Waals surface area (Å²) in [6, 6.07) is 4.01. The Morgan fingerprint density at radius 1 is 1.43 bits per heavy atom. The SMILES string of the molecule is O=S(=O)(Nc1ccc(Br)cc1F)c1c(Cl)nc2sccn12. The van der Waals surface area contributed by atoms with Gasteiger partial charge in [0.25, 0.3) is 10.0 Å². The molecule has 0 saturated heterocycles. The largest absolute Gasteiger partial charge is 0.281 e. The van der Waals surface area contributed by atoms with E-state index in [2.05, 4.69) is 25.6 Å². The van der Waals surface area contributed by atoms with Gasteiger partial charge in [-0.25, -0.2) is 9.37 Å². The van der Waals surface area contributed by atoms with Crippen LogP contribution in [0.25, 0.3) is 4.96 Å². The first-order valence-corrected chi connectivity index (χ1v) is 9.01. The van der Waals surface area contributed by atoms with E-state index in [1.54, 1.807) is 5.38 Å². The highest BCUT2D eigenvalue weighted by Gasteiger charge is 2.26. The summed E-state index contributed by atoms with van der Waals surface area (Å²) in [6.07, 6.45) is 1.53. The van der Waals surface area contributed by atoms with Crippen LogP contribution in [0.1, 0.15) is 0 Å². The average molecular weight is 411 g/mol. The Bertz CT molecular complexity index is 938. The van der Waals surface area contributed by atoms with E-state index in [9.17, 15) is 12.8 Å². The molecule has 1 aromatic carbocycles. The van der Waals surface area contributed by atoms with Crippen LogP contribution in [0.4, 0.5) is 10.1 Å². The maximum Gasteiger partial charge on any atom is 0.281 e. The molecule has 0 amide bonds.